The third-order valence-electron chi connectivity index (χ3n) is 6.50. The molecule has 2 bridgehead atoms. The van der Waals surface area contributed by atoms with Crippen molar-refractivity contribution in [3.05, 3.63) is 29.3 Å². The maximum atomic E-state index is 11.8. The summed E-state index contributed by atoms with van der Waals surface area (Å²) in [6, 6.07) is 6.18. The molecule has 4 nitrogen and oxygen atoms in total. The Morgan fingerprint density at radius 3 is 2.91 bits per heavy atom. The number of nitrogens with two attached hydrogens (primary N) is 1. The van der Waals surface area contributed by atoms with Gasteiger partial charge in [0, 0.05) is 24.4 Å². The minimum atomic E-state index is -0.234. The zero-order chi connectivity index (χ0) is 16.2. The molecule has 3 aliphatic rings. The molecule has 1 saturated carbocycles. The van der Waals surface area contributed by atoms with E-state index in [1.165, 1.54) is 24.9 Å². The SMILES string of the molecule is C[C@H]1C2Cc3ccc(O)cc3[C@@]1(CC(N)=O)CCN2CC1CC1. The molecule has 124 valence electrons. The Kier molecular flexibility index (Phi) is 3.41. The lowest BCUT2D eigenvalue weighted by Gasteiger charge is -2.56. The summed E-state index contributed by atoms with van der Waals surface area (Å²) in [5, 5.41) is 9.97. The van der Waals surface area contributed by atoms with Gasteiger partial charge < -0.3 is 10.8 Å². The molecular formula is C19H26N2O2. The first-order valence-corrected chi connectivity index (χ1v) is 8.84. The number of phenols is 1. The van der Waals surface area contributed by atoms with Crippen molar-refractivity contribution in [1.82, 2.24) is 4.90 Å². The first kappa shape index (κ1) is 15.0. The highest BCUT2D eigenvalue weighted by atomic mass is 16.3. The number of nitrogens with zero attached hydrogens (tertiary/aromatic N) is 1. The maximum Gasteiger partial charge on any atom is 0.218 e. The minimum absolute atomic E-state index is 0.205. The van der Waals surface area contributed by atoms with Gasteiger partial charge in [-0.15, -0.1) is 0 Å². The summed E-state index contributed by atoms with van der Waals surface area (Å²) in [6.07, 6.45) is 5.10. The van der Waals surface area contributed by atoms with Crippen LogP contribution in [0.5, 0.6) is 5.75 Å². The van der Waals surface area contributed by atoms with Crippen LogP contribution in [0.2, 0.25) is 0 Å². The summed E-state index contributed by atoms with van der Waals surface area (Å²) in [5.74, 6) is 1.32. The quantitative estimate of drug-likeness (QED) is 0.895. The summed E-state index contributed by atoms with van der Waals surface area (Å²) in [4.78, 5) is 14.5. The number of fused-ring (bicyclic) bond motifs is 4. The van der Waals surface area contributed by atoms with Crippen molar-refractivity contribution in [2.45, 2.75) is 50.5 Å². The Morgan fingerprint density at radius 2 is 2.22 bits per heavy atom. The van der Waals surface area contributed by atoms with Gasteiger partial charge in [-0.25, -0.2) is 0 Å². The number of aromatic hydroxyl groups is 1. The van der Waals surface area contributed by atoms with E-state index < -0.39 is 0 Å². The number of carbonyl (C=O) groups excluding carboxylic acids is 1. The Hall–Kier alpha value is -1.55. The molecule has 1 aromatic rings. The largest absolute Gasteiger partial charge is 0.508 e. The molecule has 0 radical (unpaired) electrons. The van der Waals surface area contributed by atoms with Crippen LogP contribution in [0.3, 0.4) is 0 Å². The van der Waals surface area contributed by atoms with Gasteiger partial charge >= 0.3 is 0 Å². The van der Waals surface area contributed by atoms with Gasteiger partial charge in [-0.05, 0) is 67.3 Å². The predicted molar refractivity (Wildman–Crippen MR) is 89.2 cm³/mol. The molecule has 4 rings (SSSR count). The van der Waals surface area contributed by atoms with Gasteiger partial charge in [0.15, 0.2) is 0 Å². The van der Waals surface area contributed by atoms with Gasteiger partial charge in [0.05, 0.1) is 0 Å². The third kappa shape index (κ3) is 2.44. The number of rotatable bonds is 4. The van der Waals surface area contributed by atoms with E-state index in [1.807, 2.05) is 12.1 Å². The van der Waals surface area contributed by atoms with Gasteiger partial charge in [0.25, 0.3) is 0 Å². The first-order valence-electron chi connectivity index (χ1n) is 8.84. The molecule has 1 aromatic carbocycles. The van der Waals surface area contributed by atoms with Gasteiger partial charge in [0.2, 0.25) is 5.91 Å². The molecular weight excluding hydrogens is 288 g/mol. The Bertz CT molecular complexity index is 640. The number of hydrogen-bond donors (Lipinski definition) is 2. The molecule has 2 fully saturated rings. The van der Waals surface area contributed by atoms with E-state index in [4.69, 9.17) is 5.73 Å². The van der Waals surface area contributed by atoms with E-state index in [0.717, 1.165) is 30.9 Å². The standard InChI is InChI=1S/C19H26N2O2/c1-12-17-8-14-4-5-15(22)9-16(14)19(12,10-18(20)23)6-7-21(17)11-13-2-3-13/h4-5,9,12-13,17,22H,2-3,6-8,10-11H2,1H3,(H2,20,23)/t12-,17?,19+/m0/s1. The highest BCUT2D eigenvalue weighted by molar-refractivity contribution is 5.76. The fourth-order valence-corrected chi connectivity index (χ4v) is 5.05. The molecule has 1 saturated heterocycles. The highest BCUT2D eigenvalue weighted by Crippen LogP contribution is 2.52. The molecule has 1 aliphatic heterocycles. The van der Waals surface area contributed by atoms with Crippen molar-refractivity contribution in [3.8, 4) is 5.75 Å². The number of hydrogen-bond acceptors (Lipinski definition) is 3. The number of primary amides is 1. The van der Waals surface area contributed by atoms with Crippen LogP contribution < -0.4 is 5.73 Å². The van der Waals surface area contributed by atoms with Crippen LogP contribution in [-0.2, 0) is 16.6 Å². The molecule has 0 aromatic heterocycles. The van der Waals surface area contributed by atoms with Crippen LogP contribution in [0, 0.1) is 11.8 Å². The summed E-state index contributed by atoms with van der Waals surface area (Å²) < 4.78 is 0. The summed E-state index contributed by atoms with van der Waals surface area (Å²) in [6.45, 7) is 4.52. The summed E-state index contributed by atoms with van der Waals surface area (Å²) in [5.41, 5.74) is 7.86. The highest BCUT2D eigenvalue weighted by Gasteiger charge is 2.52. The topological polar surface area (TPSA) is 66.6 Å². The van der Waals surface area contributed by atoms with E-state index in [2.05, 4.69) is 11.8 Å². The van der Waals surface area contributed by atoms with Crippen LogP contribution >= 0.6 is 0 Å². The van der Waals surface area contributed by atoms with Crippen LogP contribution in [0.15, 0.2) is 18.2 Å². The zero-order valence-corrected chi connectivity index (χ0v) is 13.8. The van der Waals surface area contributed by atoms with Crippen molar-refractivity contribution < 1.29 is 9.90 Å². The molecule has 1 unspecified atom stereocenters. The molecule has 2 aliphatic carbocycles. The molecule has 4 heteroatoms. The van der Waals surface area contributed by atoms with E-state index in [-0.39, 0.29) is 11.3 Å². The second kappa shape index (κ2) is 5.23. The van der Waals surface area contributed by atoms with E-state index in [9.17, 15) is 9.90 Å². The van der Waals surface area contributed by atoms with E-state index in [1.54, 1.807) is 6.07 Å². The molecule has 1 heterocycles. The van der Waals surface area contributed by atoms with Crippen LogP contribution in [-0.4, -0.2) is 35.0 Å². The Labute approximate surface area is 137 Å². The fraction of sp³-hybridized carbons (Fsp3) is 0.632. The number of benzene rings is 1. The molecule has 3 N–H and O–H groups in total. The maximum absolute atomic E-state index is 11.8. The Balaban J connectivity index is 1.76. The first-order chi connectivity index (χ1) is 11.0. The summed E-state index contributed by atoms with van der Waals surface area (Å²) in [7, 11) is 0. The predicted octanol–water partition coefficient (Wildman–Crippen LogP) is 2.18. The van der Waals surface area contributed by atoms with Crippen LogP contribution in [0.4, 0.5) is 0 Å². The number of phenolic OH excluding ortho intramolecular Hbond substituents is 1. The van der Waals surface area contributed by atoms with E-state index in [0.29, 0.717) is 24.1 Å². The van der Waals surface area contributed by atoms with Gasteiger partial charge in [-0.3, -0.25) is 9.69 Å². The number of carbonyl (C=O) groups is 1. The second-order valence-electron chi connectivity index (χ2n) is 7.89. The Morgan fingerprint density at radius 1 is 1.43 bits per heavy atom. The molecule has 3 atom stereocenters. The average molecular weight is 314 g/mol. The lowest BCUT2D eigenvalue weighted by Crippen LogP contribution is -2.60. The van der Waals surface area contributed by atoms with Gasteiger partial charge in [-0.1, -0.05) is 13.0 Å². The van der Waals surface area contributed by atoms with Crippen molar-refractivity contribution in [2.75, 3.05) is 13.1 Å². The van der Waals surface area contributed by atoms with Gasteiger partial charge in [0.1, 0.15) is 5.75 Å². The van der Waals surface area contributed by atoms with Crippen LogP contribution in [0.1, 0.15) is 43.7 Å². The third-order valence-corrected chi connectivity index (χ3v) is 6.50. The number of likely N-dealkylation sites (tertiary alicyclic amines) is 1. The lowest BCUT2D eigenvalue weighted by molar-refractivity contribution is -0.121. The van der Waals surface area contributed by atoms with Gasteiger partial charge in [-0.2, -0.15) is 0 Å². The fourth-order valence-electron chi connectivity index (χ4n) is 5.05. The van der Waals surface area contributed by atoms with Crippen molar-refractivity contribution >= 4 is 5.91 Å². The number of amides is 1. The lowest BCUT2D eigenvalue weighted by atomic mass is 9.56. The van der Waals surface area contributed by atoms with Crippen molar-refractivity contribution in [3.63, 3.8) is 0 Å². The van der Waals surface area contributed by atoms with Crippen LogP contribution in [0.25, 0.3) is 0 Å². The zero-order valence-electron chi connectivity index (χ0n) is 13.8. The normalized spacial score (nSPS) is 33.3. The average Bonchev–Trinajstić information content (AvgIpc) is 3.29. The van der Waals surface area contributed by atoms with Crippen molar-refractivity contribution in [1.29, 1.82) is 0 Å². The number of piperidine rings is 1. The van der Waals surface area contributed by atoms with E-state index >= 15 is 0 Å². The molecule has 1 amide bonds. The second-order valence-corrected chi connectivity index (χ2v) is 7.89. The molecule has 23 heavy (non-hydrogen) atoms. The molecule has 0 spiro atoms. The van der Waals surface area contributed by atoms with Crippen molar-refractivity contribution in [2.24, 2.45) is 17.6 Å². The summed E-state index contributed by atoms with van der Waals surface area (Å²) >= 11 is 0. The minimum Gasteiger partial charge on any atom is -0.508 e. The smallest absolute Gasteiger partial charge is 0.218 e. The monoisotopic (exact) mass is 314 g/mol.